The van der Waals surface area contributed by atoms with Crippen molar-refractivity contribution in [2.75, 3.05) is 7.11 Å². The molecule has 9 heteroatoms. The Bertz CT molecular complexity index is 760. The van der Waals surface area contributed by atoms with Crippen molar-refractivity contribution in [1.82, 2.24) is 5.32 Å². The smallest absolute Gasteiger partial charge is 0.416 e. The quantitative estimate of drug-likeness (QED) is 0.768. The Kier molecular flexibility index (Phi) is 6.01. The number of rotatable bonds is 6. The van der Waals surface area contributed by atoms with E-state index in [1.807, 2.05) is 0 Å². The molecule has 0 aromatic heterocycles. The molecule has 0 unspecified atom stereocenters. The third kappa shape index (κ3) is 5.08. The zero-order valence-electron chi connectivity index (χ0n) is 13.4. The second kappa shape index (κ2) is 8.03. The van der Waals surface area contributed by atoms with Gasteiger partial charge in [-0.3, -0.25) is 4.79 Å². The molecule has 26 heavy (non-hydrogen) atoms. The molecule has 0 aliphatic rings. The first-order valence-corrected chi connectivity index (χ1v) is 7.28. The van der Waals surface area contributed by atoms with Crippen LogP contribution in [-0.2, 0) is 12.7 Å². The van der Waals surface area contributed by atoms with Crippen LogP contribution in [0, 0.1) is 0 Å². The van der Waals surface area contributed by atoms with Crippen molar-refractivity contribution in [1.29, 1.82) is 0 Å². The molecule has 0 saturated heterocycles. The van der Waals surface area contributed by atoms with Crippen LogP contribution in [0.3, 0.4) is 0 Å². The number of ether oxygens (including phenoxy) is 2. The fraction of sp³-hybridized carbons (Fsp3) is 0.235. The van der Waals surface area contributed by atoms with Gasteiger partial charge in [0.25, 0.3) is 5.91 Å². The molecule has 0 radical (unpaired) electrons. The zero-order chi connectivity index (χ0) is 19.3. The molecule has 0 fully saturated rings. The molecule has 1 N–H and O–H groups in total. The molecule has 2 aromatic rings. The number of amides is 1. The maximum absolute atomic E-state index is 12.5. The molecule has 2 aromatic carbocycles. The maximum Gasteiger partial charge on any atom is 0.416 e. The normalized spacial score (nSPS) is 11.3. The number of carbonyl (C=O) groups is 1. The van der Waals surface area contributed by atoms with Gasteiger partial charge in [0.1, 0.15) is 0 Å². The number of alkyl halides is 5. The molecule has 0 bridgehead atoms. The number of carbonyl (C=O) groups excluding carboxylic acids is 1. The van der Waals surface area contributed by atoms with Gasteiger partial charge in [0.05, 0.1) is 12.7 Å². The van der Waals surface area contributed by atoms with E-state index in [-0.39, 0.29) is 23.6 Å². The first-order valence-electron chi connectivity index (χ1n) is 7.28. The number of hydrogen-bond donors (Lipinski definition) is 1. The summed E-state index contributed by atoms with van der Waals surface area (Å²) in [7, 11) is 1.23. The van der Waals surface area contributed by atoms with Crippen LogP contribution in [0.4, 0.5) is 22.0 Å². The van der Waals surface area contributed by atoms with Gasteiger partial charge < -0.3 is 14.8 Å². The minimum atomic E-state index is -4.43. The number of nitrogens with one attached hydrogen (secondary N) is 1. The van der Waals surface area contributed by atoms with Crippen LogP contribution in [0.15, 0.2) is 42.5 Å². The monoisotopic (exact) mass is 375 g/mol. The van der Waals surface area contributed by atoms with E-state index in [1.165, 1.54) is 31.4 Å². The predicted molar refractivity (Wildman–Crippen MR) is 82.2 cm³/mol. The van der Waals surface area contributed by atoms with E-state index >= 15 is 0 Å². The highest BCUT2D eigenvalue weighted by Gasteiger charge is 2.29. The topological polar surface area (TPSA) is 47.6 Å². The molecule has 0 aliphatic carbocycles. The Morgan fingerprint density at radius 2 is 1.73 bits per heavy atom. The molecule has 1 amide bonds. The van der Waals surface area contributed by atoms with Crippen molar-refractivity contribution < 1.29 is 36.2 Å². The number of halogens is 5. The Labute approximate surface area is 145 Å². The van der Waals surface area contributed by atoms with Crippen LogP contribution in [0.25, 0.3) is 0 Å². The summed E-state index contributed by atoms with van der Waals surface area (Å²) in [6, 6.07) is 7.99. The first-order chi connectivity index (χ1) is 12.2. The lowest BCUT2D eigenvalue weighted by Gasteiger charge is -2.12. The Balaban J connectivity index is 2.03. The fourth-order valence-corrected chi connectivity index (χ4v) is 2.10. The SMILES string of the molecule is COc1cc(C(=O)NCc2ccc(C(F)(F)F)cc2)ccc1OC(F)F. The van der Waals surface area contributed by atoms with E-state index in [0.29, 0.717) is 5.56 Å². The van der Waals surface area contributed by atoms with Gasteiger partial charge in [-0.2, -0.15) is 22.0 Å². The molecule has 0 atom stereocenters. The molecule has 0 saturated carbocycles. The molecule has 0 heterocycles. The van der Waals surface area contributed by atoms with Crippen molar-refractivity contribution >= 4 is 5.91 Å². The Morgan fingerprint density at radius 1 is 1.08 bits per heavy atom. The van der Waals surface area contributed by atoms with Crippen molar-refractivity contribution in [2.45, 2.75) is 19.3 Å². The highest BCUT2D eigenvalue weighted by Crippen LogP contribution is 2.30. The maximum atomic E-state index is 12.5. The van der Waals surface area contributed by atoms with Crippen LogP contribution in [0.1, 0.15) is 21.5 Å². The summed E-state index contributed by atoms with van der Waals surface area (Å²) >= 11 is 0. The van der Waals surface area contributed by atoms with Crippen molar-refractivity contribution in [3.8, 4) is 11.5 Å². The molecule has 140 valence electrons. The van der Waals surface area contributed by atoms with E-state index in [1.54, 1.807) is 0 Å². The first kappa shape index (κ1) is 19.5. The molecular formula is C17H14F5NO3. The number of methoxy groups -OCH3 is 1. The van der Waals surface area contributed by atoms with Gasteiger partial charge in [-0.05, 0) is 35.9 Å². The summed E-state index contributed by atoms with van der Waals surface area (Å²) in [6.45, 7) is -3.04. The summed E-state index contributed by atoms with van der Waals surface area (Å²) in [4.78, 5) is 12.1. The molecular weight excluding hydrogens is 361 g/mol. The lowest BCUT2D eigenvalue weighted by molar-refractivity contribution is -0.137. The summed E-state index contributed by atoms with van der Waals surface area (Å²) in [5, 5.41) is 2.52. The average Bonchev–Trinajstić information content (AvgIpc) is 2.59. The van der Waals surface area contributed by atoms with E-state index in [9.17, 15) is 26.7 Å². The Hall–Kier alpha value is -2.84. The van der Waals surface area contributed by atoms with Crippen LogP contribution >= 0.6 is 0 Å². The number of hydrogen-bond acceptors (Lipinski definition) is 3. The molecule has 2 rings (SSSR count). The summed E-state index contributed by atoms with van der Waals surface area (Å²) in [6.07, 6.45) is -4.43. The van der Waals surface area contributed by atoms with Crippen molar-refractivity contribution in [2.24, 2.45) is 0 Å². The van der Waals surface area contributed by atoms with Crippen LogP contribution in [0.2, 0.25) is 0 Å². The van der Waals surface area contributed by atoms with Gasteiger partial charge in [-0.25, -0.2) is 0 Å². The van der Waals surface area contributed by atoms with Gasteiger partial charge in [0.15, 0.2) is 11.5 Å². The largest absolute Gasteiger partial charge is 0.493 e. The molecule has 0 aliphatic heterocycles. The van der Waals surface area contributed by atoms with E-state index in [0.717, 1.165) is 18.2 Å². The molecule has 0 spiro atoms. The number of benzene rings is 2. The van der Waals surface area contributed by atoms with Crippen molar-refractivity contribution in [3.63, 3.8) is 0 Å². The third-order valence-corrected chi connectivity index (χ3v) is 3.38. The minimum absolute atomic E-state index is 0.00539. The summed E-state index contributed by atoms with van der Waals surface area (Å²) in [5.41, 5.74) is -0.196. The standard InChI is InChI=1S/C17H14F5NO3/c1-25-14-8-11(4-7-13(14)26-16(18)19)15(24)23-9-10-2-5-12(6-3-10)17(20,21)22/h2-8,16H,9H2,1H3,(H,23,24). The van der Waals surface area contributed by atoms with E-state index in [4.69, 9.17) is 4.74 Å². The van der Waals surface area contributed by atoms with Gasteiger partial charge in [0, 0.05) is 12.1 Å². The van der Waals surface area contributed by atoms with Gasteiger partial charge in [-0.1, -0.05) is 12.1 Å². The Morgan fingerprint density at radius 3 is 2.27 bits per heavy atom. The second-order valence-corrected chi connectivity index (χ2v) is 5.12. The van der Waals surface area contributed by atoms with Crippen LogP contribution < -0.4 is 14.8 Å². The van der Waals surface area contributed by atoms with Gasteiger partial charge in [-0.15, -0.1) is 0 Å². The fourth-order valence-electron chi connectivity index (χ4n) is 2.10. The van der Waals surface area contributed by atoms with Crippen LogP contribution in [0.5, 0.6) is 11.5 Å². The lowest BCUT2D eigenvalue weighted by Crippen LogP contribution is -2.23. The highest BCUT2D eigenvalue weighted by atomic mass is 19.4. The van der Waals surface area contributed by atoms with E-state index in [2.05, 4.69) is 10.1 Å². The zero-order valence-corrected chi connectivity index (χ0v) is 13.4. The van der Waals surface area contributed by atoms with Gasteiger partial charge >= 0.3 is 12.8 Å². The third-order valence-electron chi connectivity index (χ3n) is 3.38. The second-order valence-electron chi connectivity index (χ2n) is 5.12. The average molecular weight is 375 g/mol. The summed E-state index contributed by atoms with van der Waals surface area (Å²) in [5.74, 6) is -0.818. The summed E-state index contributed by atoms with van der Waals surface area (Å²) < 4.78 is 71.2. The van der Waals surface area contributed by atoms with Gasteiger partial charge in [0.2, 0.25) is 0 Å². The lowest BCUT2D eigenvalue weighted by atomic mass is 10.1. The highest BCUT2D eigenvalue weighted by molar-refractivity contribution is 5.94. The van der Waals surface area contributed by atoms with Crippen LogP contribution in [-0.4, -0.2) is 19.6 Å². The van der Waals surface area contributed by atoms with Crippen molar-refractivity contribution in [3.05, 3.63) is 59.2 Å². The molecule has 4 nitrogen and oxygen atoms in total. The van der Waals surface area contributed by atoms with E-state index < -0.39 is 24.3 Å². The predicted octanol–water partition coefficient (Wildman–Crippen LogP) is 4.25. The minimum Gasteiger partial charge on any atom is -0.493 e.